The summed E-state index contributed by atoms with van der Waals surface area (Å²) < 4.78 is 65.1. The van der Waals surface area contributed by atoms with Gasteiger partial charge < -0.3 is 5.32 Å². The van der Waals surface area contributed by atoms with Crippen LogP contribution in [-0.4, -0.2) is 26.9 Å². The summed E-state index contributed by atoms with van der Waals surface area (Å²) in [7, 11) is -3.89. The van der Waals surface area contributed by atoms with Gasteiger partial charge in [0.05, 0.1) is 21.2 Å². The van der Waals surface area contributed by atoms with Crippen LogP contribution in [0.3, 0.4) is 0 Å². The molecule has 2 aromatic rings. The second-order valence-electron chi connectivity index (χ2n) is 6.86. The van der Waals surface area contributed by atoms with Crippen LogP contribution in [-0.2, 0) is 22.6 Å². The van der Waals surface area contributed by atoms with E-state index in [9.17, 15) is 26.4 Å². The number of carbonyl (C=O) groups is 1. The van der Waals surface area contributed by atoms with Gasteiger partial charge in [0.15, 0.2) is 0 Å². The summed E-state index contributed by atoms with van der Waals surface area (Å²) in [5, 5.41) is 2.46. The van der Waals surface area contributed by atoms with Crippen molar-refractivity contribution in [1.82, 2.24) is 10.0 Å². The number of amides is 1. The predicted octanol–water partition coefficient (Wildman–Crippen LogP) is 4.43. The Morgan fingerprint density at radius 1 is 1.07 bits per heavy atom. The van der Waals surface area contributed by atoms with E-state index >= 15 is 0 Å². The fourth-order valence-corrected chi connectivity index (χ4v) is 4.83. The van der Waals surface area contributed by atoms with Crippen molar-refractivity contribution in [3.63, 3.8) is 0 Å². The van der Waals surface area contributed by atoms with Crippen LogP contribution in [0.15, 0.2) is 41.3 Å². The van der Waals surface area contributed by atoms with Crippen LogP contribution >= 0.6 is 23.2 Å². The molecule has 0 spiro atoms. The molecule has 1 amide bonds. The molecular formula is C19H17Cl2F3N2O3S. The number of sulfonamides is 1. The van der Waals surface area contributed by atoms with Crippen LogP contribution in [0.2, 0.25) is 10.0 Å². The number of alkyl halides is 3. The molecule has 2 N–H and O–H groups in total. The van der Waals surface area contributed by atoms with Gasteiger partial charge in [0.2, 0.25) is 10.0 Å². The quantitative estimate of drug-likeness (QED) is 0.615. The van der Waals surface area contributed by atoms with Crippen molar-refractivity contribution in [3.05, 3.63) is 63.1 Å². The highest BCUT2D eigenvalue weighted by Crippen LogP contribution is 2.31. The molecule has 0 bridgehead atoms. The van der Waals surface area contributed by atoms with E-state index in [1.807, 2.05) is 0 Å². The molecule has 0 aliphatic heterocycles. The molecule has 1 fully saturated rings. The average Bonchev–Trinajstić information content (AvgIpc) is 3.44. The lowest BCUT2D eigenvalue weighted by Gasteiger charge is -2.12. The Labute approximate surface area is 181 Å². The molecule has 30 heavy (non-hydrogen) atoms. The zero-order valence-electron chi connectivity index (χ0n) is 15.4. The number of carbonyl (C=O) groups excluding carboxylic acids is 1. The first-order valence-electron chi connectivity index (χ1n) is 8.93. The van der Waals surface area contributed by atoms with Gasteiger partial charge >= 0.3 is 6.18 Å². The molecule has 0 radical (unpaired) electrons. The van der Waals surface area contributed by atoms with E-state index in [0.717, 1.165) is 31.0 Å². The van der Waals surface area contributed by atoms with E-state index in [0.29, 0.717) is 5.56 Å². The van der Waals surface area contributed by atoms with Crippen molar-refractivity contribution < 1.29 is 26.4 Å². The van der Waals surface area contributed by atoms with E-state index in [-0.39, 0.29) is 39.5 Å². The molecule has 5 nitrogen and oxygen atoms in total. The van der Waals surface area contributed by atoms with Gasteiger partial charge in [-0.05, 0) is 49.1 Å². The third kappa shape index (κ3) is 5.66. The minimum atomic E-state index is -4.41. The highest BCUT2D eigenvalue weighted by Gasteiger charge is 2.31. The fourth-order valence-electron chi connectivity index (χ4n) is 2.67. The monoisotopic (exact) mass is 480 g/mol. The first-order valence-corrected chi connectivity index (χ1v) is 11.2. The molecule has 2 aromatic carbocycles. The second-order valence-corrected chi connectivity index (χ2v) is 9.36. The summed E-state index contributed by atoms with van der Waals surface area (Å²) in [6.07, 6.45) is -2.66. The van der Waals surface area contributed by atoms with Crippen LogP contribution in [0.5, 0.6) is 0 Å². The molecule has 0 aromatic heterocycles. The lowest BCUT2D eigenvalue weighted by Crippen LogP contribution is -2.28. The smallest absolute Gasteiger partial charge is 0.352 e. The molecule has 1 saturated carbocycles. The lowest BCUT2D eigenvalue weighted by molar-refractivity contribution is -0.137. The van der Waals surface area contributed by atoms with E-state index in [1.165, 1.54) is 18.2 Å². The van der Waals surface area contributed by atoms with Crippen LogP contribution in [0.25, 0.3) is 0 Å². The number of hydrogen-bond acceptors (Lipinski definition) is 3. The minimum absolute atomic E-state index is 0.0163. The zero-order chi connectivity index (χ0) is 22.1. The summed E-state index contributed by atoms with van der Waals surface area (Å²) in [5.41, 5.74) is -0.219. The van der Waals surface area contributed by atoms with Crippen molar-refractivity contribution in [2.45, 2.75) is 36.4 Å². The third-order valence-electron chi connectivity index (χ3n) is 4.44. The predicted molar refractivity (Wildman–Crippen MR) is 107 cm³/mol. The number of halogens is 5. The number of benzene rings is 2. The topological polar surface area (TPSA) is 75.3 Å². The normalized spacial score (nSPS) is 14.6. The molecule has 11 heteroatoms. The Hall–Kier alpha value is -1.81. The van der Waals surface area contributed by atoms with Gasteiger partial charge in [-0.15, -0.1) is 0 Å². The van der Waals surface area contributed by atoms with Gasteiger partial charge in [-0.2, -0.15) is 13.2 Å². The molecule has 0 unspecified atom stereocenters. The van der Waals surface area contributed by atoms with Gasteiger partial charge in [0.1, 0.15) is 4.90 Å². The highest BCUT2D eigenvalue weighted by atomic mass is 35.5. The SMILES string of the molecule is O=C(NCCc1ccc(C(F)(F)F)cc1)c1cc(S(=O)(=O)NC2CC2)c(Cl)cc1Cl. The fraction of sp³-hybridized carbons (Fsp3) is 0.316. The standard InChI is InChI=1S/C19H17Cl2F3N2O3S/c20-15-10-16(21)17(30(28,29)26-13-5-6-13)9-14(15)18(27)25-8-7-11-1-3-12(4-2-11)19(22,23)24/h1-4,9-10,13,26H,5-8H2,(H,25,27). The molecule has 162 valence electrons. The van der Waals surface area contributed by atoms with Crippen molar-refractivity contribution in [2.75, 3.05) is 6.54 Å². The van der Waals surface area contributed by atoms with Gasteiger partial charge in [-0.25, -0.2) is 13.1 Å². The van der Waals surface area contributed by atoms with E-state index in [1.54, 1.807) is 0 Å². The Kier molecular flexibility index (Phi) is 6.66. The van der Waals surface area contributed by atoms with Crippen molar-refractivity contribution in [1.29, 1.82) is 0 Å². The summed E-state index contributed by atoms with van der Waals surface area (Å²) in [5.74, 6) is -0.619. The Bertz CT molecular complexity index is 1050. The Balaban J connectivity index is 1.67. The molecule has 3 rings (SSSR count). The summed E-state index contributed by atoms with van der Waals surface area (Å²) in [4.78, 5) is 12.2. The Morgan fingerprint density at radius 3 is 2.27 bits per heavy atom. The number of rotatable bonds is 7. The van der Waals surface area contributed by atoms with E-state index in [2.05, 4.69) is 10.0 Å². The summed E-state index contributed by atoms with van der Waals surface area (Å²) in [6, 6.07) is 6.77. The minimum Gasteiger partial charge on any atom is -0.352 e. The van der Waals surface area contributed by atoms with Gasteiger partial charge in [-0.3, -0.25) is 4.79 Å². The van der Waals surface area contributed by atoms with E-state index < -0.39 is 27.7 Å². The summed E-state index contributed by atoms with van der Waals surface area (Å²) >= 11 is 12.1. The van der Waals surface area contributed by atoms with Crippen molar-refractivity contribution >= 4 is 39.1 Å². The van der Waals surface area contributed by atoms with Crippen LogP contribution in [0.4, 0.5) is 13.2 Å². The van der Waals surface area contributed by atoms with Gasteiger partial charge in [0, 0.05) is 12.6 Å². The number of hydrogen-bond donors (Lipinski definition) is 2. The molecule has 0 atom stereocenters. The highest BCUT2D eigenvalue weighted by molar-refractivity contribution is 7.89. The van der Waals surface area contributed by atoms with Crippen molar-refractivity contribution in [3.8, 4) is 0 Å². The first-order chi connectivity index (χ1) is 14.0. The Morgan fingerprint density at radius 2 is 1.70 bits per heavy atom. The molecule has 0 saturated heterocycles. The maximum Gasteiger partial charge on any atom is 0.416 e. The largest absolute Gasteiger partial charge is 0.416 e. The lowest BCUT2D eigenvalue weighted by atomic mass is 10.1. The molecule has 1 aliphatic rings. The van der Waals surface area contributed by atoms with E-state index in [4.69, 9.17) is 23.2 Å². The average molecular weight is 481 g/mol. The molecular weight excluding hydrogens is 464 g/mol. The van der Waals surface area contributed by atoms with Crippen LogP contribution in [0, 0.1) is 0 Å². The maximum absolute atomic E-state index is 12.6. The van der Waals surface area contributed by atoms with Crippen LogP contribution < -0.4 is 10.0 Å². The maximum atomic E-state index is 12.6. The van der Waals surface area contributed by atoms with Crippen LogP contribution in [0.1, 0.15) is 34.3 Å². The van der Waals surface area contributed by atoms with Gasteiger partial charge in [-0.1, -0.05) is 35.3 Å². The second kappa shape index (κ2) is 8.74. The first kappa shape index (κ1) is 22.9. The van der Waals surface area contributed by atoms with Crippen molar-refractivity contribution in [2.24, 2.45) is 0 Å². The number of nitrogens with one attached hydrogen (secondary N) is 2. The zero-order valence-corrected chi connectivity index (χ0v) is 17.7. The molecule has 0 heterocycles. The van der Waals surface area contributed by atoms with Gasteiger partial charge in [0.25, 0.3) is 5.91 Å². The third-order valence-corrected chi connectivity index (χ3v) is 6.73. The molecule has 1 aliphatic carbocycles. The summed E-state index contributed by atoms with van der Waals surface area (Å²) in [6.45, 7) is 0.117.